The maximum Gasteiger partial charge on any atom is 0.255 e. The third-order valence-electron chi connectivity index (χ3n) is 3.42. The summed E-state index contributed by atoms with van der Waals surface area (Å²) >= 11 is 5.93. The Kier molecular flexibility index (Phi) is 3.17. The second-order valence-electron chi connectivity index (χ2n) is 6.13. The summed E-state index contributed by atoms with van der Waals surface area (Å²) in [6.45, 7) is 6.23. The van der Waals surface area contributed by atoms with Gasteiger partial charge in [-0.05, 0) is 39.0 Å². The third-order valence-corrected chi connectivity index (χ3v) is 3.66. The van der Waals surface area contributed by atoms with Crippen LogP contribution in [0.5, 0.6) is 0 Å². The van der Waals surface area contributed by atoms with Crippen LogP contribution >= 0.6 is 11.6 Å². The topological polar surface area (TPSA) is 59.0 Å². The lowest BCUT2D eigenvalue weighted by Gasteiger charge is -2.27. The molecule has 6 heteroatoms. The van der Waals surface area contributed by atoms with Gasteiger partial charge in [0.25, 0.3) is 5.91 Å². The van der Waals surface area contributed by atoms with Crippen LogP contribution < -0.4 is 10.6 Å². The number of hydrogen-bond acceptors (Lipinski definition) is 3. The molecule has 3 rings (SSSR count). The Bertz CT molecular complexity index is 702. The van der Waals surface area contributed by atoms with E-state index in [1.807, 2.05) is 16.9 Å². The summed E-state index contributed by atoms with van der Waals surface area (Å²) in [5.41, 5.74) is 2.15. The van der Waals surface area contributed by atoms with E-state index in [2.05, 4.69) is 36.5 Å². The zero-order valence-corrected chi connectivity index (χ0v) is 12.9. The Balaban J connectivity index is 1.91. The fourth-order valence-corrected chi connectivity index (χ4v) is 2.42. The van der Waals surface area contributed by atoms with Gasteiger partial charge >= 0.3 is 0 Å². The molecule has 1 aliphatic heterocycles. The third kappa shape index (κ3) is 2.61. The van der Waals surface area contributed by atoms with Gasteiger partial charge in [-0.25, -0.2) is 0 Å². The molecular formula is C15H17ClN4O. The van der Waals surface area contributed by atoms with Crippen molar-refractivity contribution in [2.75, 3.05) is 5.32 Å². The molecule has 21 heavy (non-hydrogen) atoms. The van der Waals surface area contributed by atoms with E-state index in [9.17, 15) is 4.79 Å². The van der Waals surface area contributed by atoms with E-state index in [0.29, 0.717) is 10.6 Å². The zero-order chi connectivity index (χ0) is 15.2. The van der Waals surface area contributed by atoms with Crippen LogP contribution in [-0.2, 0) is 5.54 Å². The van der Waals surface area contributed by atoms with Crippen molar-refractivity contribution in [3.8, 4) is 0 Å². The molecule has 2 aromatic rings. The van der Waals surface area contributed by atoms with E-state index >= 15 is 0 Å². The van der Waals surface area contributed by atoms with Gasteiger partial charge in [0, 0.05) is 22.5 Å². The molecule has 0 fully saturated rings. The van der Waals surface area contributed by atoms with E-state index in [1.54, 1.807) is 18.3 Å². The first-order valence-electron chi connectivity index (χ1n) is 6.76. The van der Waals surface area contributed by atoms with Crippen molar-refractivity contribution < 1.29 is 4.79 Å². The van der Waals surface area contributed by atoms with Crippen LogP contribution in [0.2, 0.25) is 5.02 Å². The number of carbonyl (C=O) groups excluding carboxylic acids is 1. The highest BCUT2D eigenvalue weighted by atomic mass is 35.5. The molecule has 1 aromatic carbocycles. The second kappa shape index (κ2) is 4.77. The van der Waals surface area contributed by atoms with Crippen molar-refractivity contribution in [3.05, 3.63) is 46.7 Å². The summed E-state index contributed by atoms with van der Waals surface area (Å²) in [5.74, 6) is -0.139. The standard InChI is InChI=1S/C15H17ClN4O/c1-15(2,3)20-8-9(7-17-20)13-18-12-5-4-10(16)6-11(12)14(21)19-13/h4-8,13,18H,1-3H3,(H,19,21)/t13-/m0/s1. The van der Waals surface area contributed by atoms with Crippen molar-refractivity contribution in [1.82, 2.24) is 15.1 Å². The van der Waals surface area contributed by atoms with Gasteiger partial charge < -0.3 is 10.6 Å². The average Bonchev–Trinajstić information content (AvgIpc) is 2.89. The van der Waals surface area contributed by atoms with Crippen LogP contribution in [0.4, 0.5) is 5.69 Å². The Morgan fingerprint density at radius 2 is 2.05 bits per heavy atom. The molecule has 0 spiro atoms. The number of hydrogen-bond donors (Lipinski definition) is 2. The number of halogens is 1. The molecule has 5 nitrogen and oxygen atoms in total. The number of benzene rings is 1. The molecule has 1 aliphatic rings. The normalized spacial score (nSPS) is 17.9. The second-order valence-corrected chi connectivity index (χ2v) is 6.57. The molecule has 2 N–H and O–H groups in total. The number of anilines is 1. The molecule has 0 aliphatic carbocycles. The molecule has 0 saturated heterocycles. The highest BCUT2D eigenvalue weighted by molar-refractivity contribution is 6.31. The highest BCUT2D eigenvalue weighted by Crippen LogP contribution is 2.29. The van der Waals surface area contributed by atoms with Crippen LogP contribution in [0.3, 0.4) is 0 Å². The predicted molar refractivity (Wildman–Crippen MR) is 82.5 cm³/mol. The minimum absolute atomic E-state index is 0.0949. The lowest BCUT2D eigenvalue weighted by molar-refractivity contribution is 0.0935. The van der Waals surface area contributed by atoms with E-state index in [0.717, 1.165) is 11.3 Å². The summed E-state index contributed by atoms with van der Waals surface area (Å²) < 4.78 is 1.88. The highest BCUT2D eigenvalue weighted by Gasteiger charge is 2.26. The van der Waals surface area contributed by atoms with Gasteiger partial charge in [-0.1, -0.05) is 11.6 Å². The molecule has 0 saturated carbocycles. The predicted octanol–water partition coefficient (Wildman–Crippen LogP) is 3.15. The van der Waals surface area contributed by atoms with Crippen molar-refractivity contribution in [2.24, 2.45) is 0 Å². The minimum Gasteiger partial charge on any atom is -0.361 e. The summed E-state index contributed by atoms with van der Waals surface area (Å²) in [6.07, 6.45) is 3.42. The fraction of sp³-hybridized carbons (Fsp3) is 0.333. The van der Waals surface area contributed by atoms with E-state index in [-0.39, 0.29) is 17.6 Å². The van der Waals surface area contributed by atoms with Gasteiger partial charge in [-0.2, -0.15) is 5.10 Å². The lowest BCUT2D eigenvalue weighted by Crippen LogP contribution is -2.38. The first kappa shape index (κ1) is 13.9. The van der Waals surface area contributed by atoms with Crippen LogP contribution in [0.25, 0.3) is 0 Å². The summed E-state index contributed by atoms with van der Waals surface area (Å²) in [7, 11) is 0. The molecule has 0 unspecified atom stereocenters. The molecule has 1 atom stereocenters. The molecule has 2 heterocycles. The van der Waals surface area contributed by atoms with Gasteiger partial charge in [0.15, 0.2) is 0 Å². The van der Waals surface area contributed by atoms with Gasteiger partial charge in [-0.15, -0.1) is 0 Å². The molecule has 1 aromatic heterocycles. The number of nitrogens with one attached hydrogen (secondary N) is 2. The summed E-state index contributed by atoms with van der Waals surface area (Å²) in [5, 5.41) is 11.1. The molecular weight excluding hydrogens is 288 g/mol. The molecule has 1 amide bonds. The van der Waals surface area contributed by atoms with Gasteiger partial charge in [0.1, 0.15) is 6.17 Å². The Morgan fingerprint density at radius 3 is 2.71 bits per heavy atom. The quantitative estimate of drug-likeness (QED) is 0.851. The van der Waals surface area contributed by atoms with Gasteiger partial charge in [0.2, 0.25) is 0 Å². The number of carbonyl (C=O) groups is 1. The number of nitrogens with zero attached hydrogens (tertiary/aromatic N) is 2. The molecule has 110 valence electrons. The van der Waals surface area contributed by atoms with Crippen LogP contribution in [0.15, 0.2) is 30.6 Å². The first-order chi connectivity index (χ1) is 9.84. The fourth-order valence-electron chi connectivity index (χ4n) is 2.25. The molecule has 0 bridgehead atoms. The van der Waals surface area contributed by atoms with Crippen molar-refractivity contribution in [1.29, 1.82) is 0 Å². The number of aromatic nitrogens is 2. The summed E-state index contributed by atoms with van der Waals surface area (Å²) in [4.78, 5) is 12.2. The largest absolute Gasteiger partial charge is 0.361 e. The maximum absolute atomic E-state index is 12.2. The number of fused-ring (bicyclic) bond motifs is 1. The monoisotopic (exact) mass is 304 g/mol. The van der Waals surface area contributed by atoms with Crippen molar-refractivity contribution in [3.63, 3.8) is 0 Å². The minimum atomic E-state index is -0.290. The van der Waals surface area contributed by atoms with E-state index in [4.69, 9.17) is 11.6 Å². The van der Waals surface area contributed by atoms with Crippen LogP contribution in [0.1, 0.15) is 42.9 Å². The average molecular weight is 305 g/mol. The zero-order valence-electron chi connectivity index (χ0n) is 12.1. The van der Waals surface area contributed by atoms with Crippen molar-refractivity contribution in [2.45, 2.75) is 32.5 Å². The SMILES string of the molecule is CC(C)(C)n1cc([C@@H]2NC(=O)c3cc(Cl)ccc3N2)cn1. The van der Waals surface area contributed by atoms with Crippen LogP contribution in [-0.4, -0.2) is 15.7 Å². The van der Waals surface area contributed by atoms with E-state index < -0.39 is 0 Å². The first-order valence-corrected chi connectivity index (χ1v) is 7.14. The van der Waals surface area contributed by atoms with Crippen molar-refractivity contribution >= 4 is 23.2 Å². The Morgan fingerprint density at radius 1 is 1.29 bits per heavy atom. The number of amides is 1. The summed E-state index contributed by atoms with van der Waals surface area (Å²) in [6, 6.07) is 5.24. The van der Waals surface area contributed by atoms with Gasteiger partial charge in [0.05, 0.1) is 17.3 Å². The molecule has 0 radical (unpaired) electrons. The Labute approximate surface area is 128 Å². The van der Waals surface area contributed by atoms with Crippen LogP contribution in [0, 0.1) is 0 Å². The maximum atomic E-state index is 12.2. The van der Waals surface area contributed by atoms with E-state index in [1.165, 1.54) is 0 Å². The Hall–Kier alpha value is -2.01. The lowest BCUT2D eigenvalue weighted by atomic mass is 10.1. The van der Waals surface area contributed by atoms with Gasteiger partial charge in [-0.3, -0.25) is 9.48 Å². The smallest absolute Gasteiger partial charge is 0.255 e. The number of rotatable bonds is 1.